The molecule has 4 rings (SSSR count). The van der Waals surface area contributed by atoms with Crippen molar-refractivity contribution in [1.82, 2.24) is 9.97 Å². The van der Waals surface area contributed by atoms with Gasteiger partial charge in [0.1, 0.15) is 5.75 Å². The van der Waals surface area contributed by atoms with Crippen molar-refractivity contribution in [3.05, 3.63) is 65.3 Å². The van der Waals surface area contributed by atoms with Crippen LogP contribution in [0.15, 0.2) is 59.8 Å². The third-order valence-electron chi connectivity index (χ3n) is 3.91. The number of carbonyl (C=O) groups is 1. The number of ether oxygens (including phenoxy) is 1. The highest BCUT2D eigenvalue weighted by Gasteiger charge is 2.34. The number of amides is 1. The summed E-state index contributed by atoms with van der Waals surface area (Å²) in [5.41, 5.74) is 3.11. The van der Waals surface area contributed by atoms with Gasteiger partial charge in [-0.25, -0.2) is 0 Å². The number of aromatic nitrogens is 2. The molecule has 0 spiro atoms. The van der Waals surface area contributed by atoms with E-state index in [1.807, 2.05) is 42.5 Å². The molecule has 0 unspecified atom stereocenters. The van der Waals surface area contributed by atoms with Gasteiger partial charge in [0.05, 0.1) is 28.7 Å². The van der Waals surface area contributed by atoms with Crippen LogP contribution in [-0.2, 0) is 4.79 Å². The van der Waals surface area contributed by atoms with Gasteiger partial charge in [-0.05, 0) is 35.9 Å². The van der Waals surface area contributed by atoms with Crippen molar-refractivity contribution in [3.8, 4) is 5.75 Å². The van der Waals surface area contributed by atoms with E-state index in [1.54, 1.807) is 25.6 Å². The summed E-state index contributed by atoms with van der Waals surface area (Å²) in [4.78, 5) is 23.5. The molecule has 0 atom stereocenters. The zero-order chi connectivity index (χ0) is 18.1. The summed E-state index contributed by atoms with van der Waals surface area (Å²) >= 11 is 6.70. The van der Waals surface area contributed by atoms with Crippen LogP contribution in [0.2, 0.25) is 0 Å². The quantitative estimate of drug-likeness (QED) is 0.506. The minimum Gasteiger partial charge on any atom is -0.495 e. The van der Waals surface area contributed by atoms with Gasteiger partial charge in [-0.3, -0.25) is 19.7 Å². The lowest BCUT2D eigenvalue weighted by atomic mass is 10.1. The van der Waals surface area contributed by atoms with E-state index in [4.69, 9.17) is 17.0 Å². The lowest BCUT2D eigenvalue weighted by Crippen LogP contribution is -2.27. The molecule has 0 bridgehead atoms. The number of carbonyl (C=O) groups excluding carboxylic acids is 1. The highest BCUT2D eigenvalue weighted by Crippen LogP contribution is 2.39. The van der Waals surface area contributed by atoms with Gasteiger partial charge in [0.2, 0.25) is 0 Å². The first-order valence-electron chi connectivity index (χ1n) is 7.79. The maximum Gasteiger partial charge on any atom is 0.270 e. The van der Waals surface area contributed by atoms with Crippen LogP contribution in [0, 0.1) is 0 Å². The molecular weight excluding hydrogens is 366 g/mol. The van der Waals surface area contributed by atoms with E-state index < -0.39 is 0 Å². The third kappa shape index (κ3) is 2.95. The van der Waals surface area contributed by atoms with Crippen molar-refractivity contribution < 1.29 is 9.53 Å². The van der Waals surface area contributed by atoms with Crippen LogP contribution in [0.4, 0.5) is 5.69 Å². The number of nitrogens with zero attached hydrogens (tertiary/aromatic N) is 3. The molecule has 3 aromatic rings. The molecule has 128 valence electrons. The summed E-state index contributed by atoms with van der Waals surface area (Å²) < 4.78 is 5.84. The maximum atomic E-state index is 12.9. The Bertz CT molecular complexity index is 1070. The van der Waals surface area contributed by atoms with Gasteiger partial charge >= 0.3 is 0 Å². The number of hydrogen-bond donors (Lipinski definition) is 0. The molecule has 26 heavy (non-hydrogen) atoms. The number of hydrogen-bond acceptors (Lipinski definition) is 6. The molecule has 2 heterocycles. The number of thioether (sulfide) groups is 1. The Hall–Kier alpha value is -2.77. The molecule has 1 fully saturated rings. The normalized spacial score (nSPS) is 15.9. The highest BCUT2D eigenvalue weighted by molar-refractivity contribution is 8.27. The van der Waals surface area contributed by atoms with Crippen LogP contribution < -0.4 is 9.64 Å². The average molecular weight is 379 g/mol. The second-order valence-electron chi connectivity index (χ2n) is 5.49. The number of anilines is 1. The Morgan fingerprint density at radius 2 is 1.88 bits per heavy atom. The van der Waals surface area contributed by atoms with Crippen molar-refractivity contribution in [2.75, 3.05) is 12.0 Å². The molecule has 0 aliphatic carbocycles. The minimum absolute atomic E-state index is 0.163. The SMILES string of the molecule is COc1ccccc1N1C(=O)/C(=C\c2ccc3nccnc3c2)SC1=S. The van der Waals surface area contributed by atoms with Crippen LogP contribution in [0.3, 0.4) is 0 Å². The third-order valence-corrected chi connectivity index (χ3v) is 5.21. The monoisotopic (exact) mass is 379 g/mol. The van der Waals surface area contributed by atoms with Crippen LogP contribution in [0.5, 0.6) is 5.75 Å². The molecule has 7 heteroatoms. The van der Waals surface area contributed by atoms with Crippen LogP contribution in [0.1, 0.15) is 5.56 Å². The minimum atomic E-state index is -0.163. The van der Waals surface area contributed by atoms with Crippen LogP contribution >= 0.6 is 24.0 Å². The molecule has 0 N–H and O–H groups in total. The molecule has 1 amide bonds. The van der Waals surface area contributed by atoms with Crippen molar-refractivity contribution in [1.29, 1.82) is 0 Å². The lowest BCUT2D eigenvalue weighted by Gasteiger charge is -2.17. The Labute approximate surface area is 159 Å². The number of fused-ring (bicyclic) bond motifs is 1. The van der Waals surface area contributed by atoms with E-state index in [9.17, 15) is 4.79 Å². The van der Waals surface area contributed by atoms with Gasteiger partial charge in [-0.2, -0.15) is 0 Å². The highest BCUT2D eigenvalue weighted by atomic mass is 32.2. The Kier molecular flexibility index (Phi) is 4.40. The fourth-order valence-corrected chi connectivity index (χ4v) is 4.00. The second kappa shape index (κ2) is 6.86. The van der Waals surface area contributed by atoms with E-state index >= 15 is 0 Å². The maximum absolute atomic E-state index is 12.9. The van der Waals surface area contributed by atoms with Gasteiger partial charge in [0.15, 0.2) is 4.32 Å². The predicted molar refractivity (Wildman–Crippen MR) is 108 cm³/mol. The first-order valence-corrected chi connectivity index (χ1v) is 9.01. The van der Waals surface area contributed by atoms with E-state index in [1.165, 1.54) is 16.7 Å². The lowest BCUT2D eigenvalue weighted by molar-refractivity contribution is -0.113. The molecule has 1 saturated heterocycles. The van der Waals surface area contributed by atoms with Crippen LogP contribution in [-0.4, -0.2) is 27.3 Å². The summed E-state index contributed by atoms with van der Waals surface area (Å²) in [6.07, 6.45) is 5.12. The van der Waals surface area contributed by atoms with Crippen molar-refractivity contribution in [3.63, 3.8) is 0 Å². The fraction of sp³-hybridized carbons (Fsp3) is 0.0526. The summed E-state index contributed by atoms with van der Waals surface area (Å²) in [7, 11) is 1.57. The number of benzene rings is 2. The Morgan fingerprint density at radius 3 is 2.69 bits per heavy atom. The van der Waals surface area contributed by atoms with Gasteiger partial charge in [-0.1, -0.05) is 42.2 Å². The number of methoxy groups -OCH3 is 1. The second-order valence-corrected chi connectivity index (χ2v) is 7.17. The summed E-state index contributed by atoms with van der Waals surface area (Å²) in [5, 5.41) is 0. The number of thiocarbonyl (C=S) groups is 1. The number of rotatable bonds is 3. The molecule has 2 aromatic carbocycles. The van der Waals surface area contributed by atoms with Gasteiger partial charge < -0.3 is 4.74 Å². The topological polar surface area (TPSA) is 55.3 Å². The van der Waals surface area contributed by atoms with Gasteiger partial charge in [0, 0.05) is 12.4 Å². The summed E-state index contributed by atoms with van der Waals surface area (Å²) in [6, 6.07) is 13.0. The molecule has 1 aliphatic heterocycles. The number of para-hydroxylation sites is 2. The zero-order valence-corrected chi connectivity index (χ0v) is 15.4. The first-order chi connectivity index (χ1) is 12.7. The molecule has 0 saturated carbocycles. The molecule has 0 radical (unpaired) electrons. The smallest absolute Gasteiger partial charge is 0.270 e. The standard InChI is InChI=1S/C19H13N3O2S2/c1-24-16-5-3-2-4-15(16)22-18(23)17(26-19(22)25)11-12-6-7-13-14(10-12)21-9-8-20-13/h2-11H,1H3/b17-11+. The Balaban J connectivity index is 1.71. The summed E-state index contributed by atoms with van der Waals surface area (Å²) in [6.45, 7) is 0. The zero-order valence-electron chi connectivity index (χ0n) is 13.7. The van der Waals surface area contributed by atoms with Gasteiger partial charge in [-0.15, -0.1) is 0 Å². The first kappa shape index (κ1) is 16.7. The molecular formula is C19H13N3O2S2. The van der Waals surface area contributed by atoms with E-state index in [0.29, 0.717) is 20.7 Å². The Morgan fingerprint density at radius 1 is 1.12 bits per heavy atom. The molecule has 1 aliphatic rings. The van der Waals surface area contributed by atoms with Crippen molar-refractivity contribution in [2.45, 2.75) is 0 Å². The van der Waals surface area contributed by atoms with E-state index in [2.05, 4.69) is 9.97 Å². The average Bonchev–Trinajstić information content (AvgIpc) is 2.94. The molecule has 5 nitrogen and oxygen atoms in total. The predicted octanol–water partition coefficient (Wildman–Crippen LogP) is 4.04. The summed E-state index contributed by atoms with van der Waals surface area (Å²) in [5.74, 6) is 0.440. The van der Waals surface area contributed by atoms with Crippen LogP contribution in [0.25, 0.3) is 17.1 Å². The van der Waals surface area contributed by atoms with E-state index in [0.717, 1.165) is 16.6 Å². The van der Waals surface area contributed by atoms with E-state index in [-0.39, 0.29) is 5.91 Å². The van der Waals surface area contributed by atoms with Gasteiger partial charge in [0.25, 0.3) is 5.91 Å². The molecule has 1 aromatic heterocycles. The van der Waals surface area contributed by atoms with Crippen molar-refractivity contribution >= 4 is 57.0 Å². The van der Waals surface area contributed by atoms with Crippen molar-refractivity contribution in [2.24, 2.45) is 0 Å². The largest absolute Gasteiger partial charge is 0.495 e. The fourth-order valence-electron chi connectivity index (χ4n) is 2.71.